The Labute approximate surface area is 212 Å². The summed E-state index contributed by atoms with van der Waals surface area (Å²) < 4.78 is 11.9. The van der Waals surface area contributed by atoms with Gasteiger partial charge in [0.25, 0.3) is 11.8 Å². The molecule has 1 aliphatic heterocycles. The van der Waals surface area contributed by atoms with E-state index in [2.05, 4.69) is 10.3 Å². The highest BCUT2D eigenvalue weighted by molar-refractivity contribution is 6.09. The SMILES string of the molecule is CC(C)N1C[C@@H](C)[C@H](CN(C)C(=O)OC(C)(C)C)Oc2c(C(=O)Nc3ccncc3)cccc2C1=O. The van der Waals surface area contributed by atoms with Crippen molar-refractivity contribution in [1.29, 1.82) is 0 Å². The van der Waals surface area contributed by atoms with E-state index in [1.54, 1.807) is 54.7 Å². The number of hydrogen-bond donors (Lipinski definition) is 1. The van der Waals surface area contributed by atoms with Crippen LogP contribution in [0.1, 0.15) is 62.3 Å². The third kappa shape index (κ3) is 6.53. The lowest BCUT2D eigenvalue weighted by Crippen LogP contribution is -2.49. The summed E-state index contributed by atoms with van der Waals surface area (Å²) in [6.45, 7) is 12.0. The second kappa shape index (κ2) is 11.0. The molecule has 36 heavy (non-hydrogen) atoms. The highest BCUT2D eigenvalue weighted by Gasteiger charge is 2.35. The maximum atomic E-state index is 13.5. The molecule has 9 nitrogen and oxygen atoms in total. The van der Waals surface area contributed by atoms with Gasteiger partial charge in [-0.25, -0.2) is 4.79 Å². The minimum absolute atomic E-state index is 0.0653. The lowest BCUT2D eigenvalue weighted by atomic mass is 9.98. The van der Waals surface area contributed by atoms with Crippen LogP contribution in [0.2, 0.25) is 0 Å². The second-order valence-electron chi connectivity index (χ2n) is 10.4. The van der Waals surface area contributed by atoms with E-state index in [-0.39, 0.29) is 35.7 Å². The van der Waals surface area contributed by atoms with Crippen LogP contribution in [0.4, 0.5) is 10.5 Å². The fourth-order valence-electron chi connectivity index (χ4n) is 3.92. The number of carbonyl (C=O) groups is 3. The zero-order valence-corrected chi connectivity index (χ0v) is 22.1. The molecule has 0 fully saturated rings. The number of benzene rings is 1. The van der Waals surface area contributed by atoms with E-state index in [4.69, 9.17) is 9.47 Å². The van der Waals surface area contributed by atoms with Crippen molar-refractivity contribution < 1.29 is 23.9 Å². The normalized spacial score (nSPS) is 18.0. The summed E-state index contributed by atoms with van der Waals surface area (Å²) in [6.07, 6.45) is 2.19. The second-order valence-corrected chi connectivity index (χ2v) is 10.4. The number of rotatable bonds is 5. The largest absolute Gasteiger partial charge is 0.487 e. The van der Waals surface area contributed by atoms with Crippen molar-refractivity contribution in [3.63, 3.8) is 0 Å². The van der Waals surface area contributed by atoms with E-state index >= 15 is 0 Å². The van der Waals surface area contributed by atoms with Crippen molar-refractivity contribution in [2.45, 2.75) is 59.3 Å². The Hall–Kier alpha value is -3.62. The van der Waals surface area contributed by atoms with Crippen LogP contribution in [0.15, 0.2) is 42.7 Å². The fourth-order valence-corrected chi connectivity index (χ4v) is 3.92. The first kappa shape index (κ1) is 27.0. The molecular weight excluding hydrogens is 460 g/mol. The number of likely N-dealkylation sites (N-methyl/N-ethyl adjacent to an activating group) is 1. The van der Waals surface area contributed by atoms with Gasteiger partial charge >= 0.3 is 6.09 Å². The van der Waals surface area contributed by atoms with Crippen LogP contribution in [0.3, 0.4) is 0 Å². The quantitative estimate of drug-likeness (QED) is 0.656. The lowest BCUT2D eigenvalue weighted by Gasteiger charge is -2.38. The summed E-state index contributed by atoms with van der Waals surface area (Å²) in [7, 11) is 1.65. The number of nitrogens with zero attached hydrogens (tertiary/aromatic N) is 3. The van der Waals surface area contributed by atoms with Gasteiger partial charge in [-0.3, -0.25) is 14.6 Å². The Balaban J connectivity index is 1.99. The summed E-state index contributed by atoms with van der Waals surface area (Å²) in [5.74, 6) is -0.543. The van der Waals surface area contributed by atoms with Gasteiger partial charge in [-0.1, -0.05) is 13.0 Å². The van der Waals surface area contributed by atoms with E-state index in [0.717, 1.165) is 0 Å². The van der Waals surface area contributed by atoms with Crippen molar-refractivity contribution in [3.8, 4) is 5.75 Å². The Bertz CT molecular complexity index is 1100. The number of hydrogen-bond acceptors (Lipinski definition) is 6. The zero-order valence-electron chi connectivity index (χ0n) is 22.1. The number of nitrogens with one attached hydrogen (secondary N) is 1. The van der Waals surface area contributed by atoms with Gasteiger partial charge in [0.05, 0.1) is 17.7 Å². The van der Waals surface area contributed by atoms with Crippen LogP contribution in [-0.2, 0) is 4.74 Å². The van der Waals surface area contributed by atoms with Crippen LogP contribution in [-0.4, -0.2) is 70.6 Å². The Morgan fingerprint density at radius 1 is 1.22 bits per heavy atom. The average Bonchev–Trinajstić information content (AvgIpc) is 2.80. The molecule has 0 spiro atoms. The van der Waals surface area contributed by atoms with Gasteiger partial charge in [0.2, 0.25) is 0 Å². The third-order valence-electron chi connectivity index (χ3n) is 5.86. The van der Waals surface area contributed by atoms with Gasteiger partial charge in [-0.05, 0) is 58.9 Å². The monoisotopic (exact) mass is 496 g/mol. The molecule has 194 valence electrons. The van der Waals surface area contributed by atoms with Gasteiger partial charge < -0.3 is 24.6 Å². The predicted molar refractivity (Wildman–Crippen MR) is 137 cm³/mol. The Morgan fingerprint density at radius 3 is 2.50 bits per heavy atom. The number of ether oxygens (including phenoxy) is 2. The number of fused-ring (bicyclic) bond motifs is 1. The Morgan fingerprint density at radius 2 is 1.89 bits per heavy atom. The summed E-state index contributed by atoms with van der Waals surface area (Å²) >= 11 is 0. The minimum atomic E-state index is -0.634. The molecular formula is C27H36N4O5. The summed E-state index contributed by atoms with van der Waals surface area (Å²) in [5.41, 5.74) is 0.483. The van der Waals surface area contributed by atoms with Crippen molar-refractivity contribution >= 4 is 23.6 Å². The molecule has 0 aliphatic carbocycles. The van der Waals surface area contributed by atoms with E-state index in [0.29, 0.717) is 17.8 Å². The summed E-state index contributed by atoms with van der Waals surface area (Å²) in [6, 6.07) is 8.26. The first-order chi connectivity index (χ1) is 16.9. The van der Waals surface area contributed by atoms with Crippen LogP contribution in [0, 0.1) is 5.92 Å². The third-order valence-corrected chi connectivity index (χ3v) is 5.86. The summed E-state index contributed by atoms with van der Waals surface area (Å²) in [5, 5.41) is 2.84. The highest BCUT2D eigenvalue weighted by atomic mass is 16.6. The molecule has 3 amide bonds. The van der Waals surface area contributed by atoms with Gasteiger partial charge in [-0.2, -0.15) is 0 Å². The molecule has 2 atom stereocenters. The van der Waals surface area contributed by atoms with Gasteiger partial charge in [0, 0.05) is 43.6 Å². The average molecular weight is 497 g/mol. The first-order valence-corrected chi connectivity index (χ1v) is 12.1. The van der Waals surface area contributed by atoms with Crippen LogP contribution in [0.5, 0.6) is 5.75 Å². The molecule has 2 aromatic rings. The molecule has 1 N–H and O–H groups in total. The molecule has 1 aliphatic rings. The van der Waals surface area contributed by atoms with Crippen LogP contribution < -0.4 is 10.1 Å². The van der Waals surface area contributed by atoms with Crippen molar-refractivity contribution in [2.75, 3.05) is 25.5 Å². The van der Waals surface area contributed by atoms with Crippen LogP contribution in [0.25, 0.3) is 0 Å². The maximum absolute atomic E-state index is 13.5. The maximum Gasteiger partial charge on any atom is 0.410 e. The standard InChI is InChI=1S/C27H36N4O5/c1-17(2)31-15-18(3)22(16-30(7)26(34)36-27(4,5)6)35-23-20(9-8-10-21(23)25(31)33)24(32)29-19-11-13-28-14-12-19/h8-14,17-18,22H,15-16H2,1-7H3,(H,28,29,32)/t18-,22+/m1/s1. The molecule has 1 aromatic carbocycles. The van der Waals surface area contributed by atoms with Crippen molar-refractivity contribution in [3.05, 3.63) is 53.9 Å². The predicted octanol–water partition coefficient (Wildman–Crippen LogP) is 4.45. The number of carbonyl (C=O) groups excluding carboxylic acids is 3. The molecule has 0 saturated heterocycles. The zero-order chi connectivity index (χ0) is 26.6. The minimum Gasteiger partial charge on any atom is -0.487 e. The van der Waals surface area contributed by atoms with Crippen molar-refractivity contribution in [1.82, 2.24) is 14.8 Å². The van der Waals surface area contributed by atoms with E-state index < -0.39 is 23.7 Å². The number of aromatic nitrogens is 1. The molecule has 9 heteroatoms. The summed E-state index contributed by atoms with van der Waals surface area (Å²) in [4.78, 5) is 46.7. The van der Waals surface area contributed by atoms with Crippen molar-refractivity contribution in [2.24, 2.45) is 5.92 Å². The first-order valence-electron chi connectivity index (χ1n) is 12.1. The lowest BCUT2D eigenvalue weighted by molar-refractivity contribution is 0.0128. The molecule has 2 heterocycles. The van der Waals surface area contributed by atoms with Gasteiger partial charge in [0.15, 0.2) is 0 Å². The fraction of sp³-hybridized carbons (Fsp3) is 0.481. The molecule has 3 rings (SSSR count). The van der Waals surface area contributed by atoms with Gasteiger partial charge in [-0.15, -0.1) is 0 Å². The van der Waals surface area contributed by atoms with E-state index in [9.17, 15) is 14.4 Å². The molecule has 0 radical (unpaired) electrons. The topological polar surface area (TPSA) is 101 Å². The highest BCUT2D eigenvalue weighted by Crippen LogP contribution is 2.32. The number of anilines is 1. The molecule has 0 saturated carbocycles. The van der Waals surface area contributed by atoms with E-state index in [1.807, 2.05) is 41.5 Å². The van der Waals surface area contributed by atoms with E-state index in [1.165, 1.54) is 4.90 Å². The van der Waals surface area contributed by atoms with Crippen LogP contribution >= 0.6 is 0 Å². The molecule has 0 unspecified atom stereocenters. The Kier molecular flexibility index (Phi) is 8.22. The molecule has 1 aromatic heterocycles. The number of pyridine rings is 1. The smallest absolute Gasteiger partial charge is 0.410 e. The number of amides is 3. The molecule has 0 bridgehead atoms. The number of para-hydroxylation sites is 1. The van der Waals surface area contributed by atoms with Gasteiger partial charge in [0.1, 0.15) is 17.5 Å².